The van der Waals surface area contributed by atoms with Crippen molar-refractivity contribution in [3.8, 4) is 11.6 Å². The second kappa shape index (κ2) is 5.58. The Labute approximate surface area is 118 Å². The van der Waals surface area contributed by atoms with E-state index in [2.05, 4.69) is 35.9 Å². The van der Waals surface area contributed by atoms with Gasteiger partial charge in [-0.1, -0.05) is 32.0 Å². The van der Waals surface area contributed by atoms with Gasteiger partial charge in [-0.25, -0.2) is 4.98 Å². The molecular weight excluding hydrogens is 256 g/mol. The summed E-state index contributed by atoms with van der Waals surface area (Å²) >= 11 is 0. The number of hydrogen-bond donors (Lipinski definition) is 1. The van der Waals surface area contributed by atoms with E-state index in [9.17, 15) is 0 Å². The smallest absolute Gasteiger partial charge is 0.276 e. The van der Waals surface area contributed by atoms with E-state index in [1.165, 1.54) is 0 Å². The standard InChI is InChI=1S/C14H20N4O2/c1-5-19-11(14(2,3)4)12-17-13(20-18-12)9-7-6-8-10(15)16-9/h6-8,11H,5H2,1-4H3,(H2,15,16). The van der Waals surface area contributed by atoms with Crippen LogP contribution in [0, 0.1) is 5.41 Å². The van der Waals surface area contributed by atoms with Gasteiger partial charge in [0.25, 0.3) is 5.89 Å². The molecule has 2 aromatic heterocycles. The van der Waals surface area contributed by atoms with Crippen LogP contribution in [0.25, 0.3) is 11.6 Å². The van der Waals surface area contributed by atoms with Gasteiger partial charge in [-0.2, -0.15) is 4.98 Å². The zero-order valence-corrected chi connectivity index (χ0v) is 12.3. The minimum absolute atomic E-state index is 0.125. The van der Waals surface area contributed by atoms with Crippen molar-refractivity contribution in [3.63, 3.8) is 0 Å². The fourth-order valence-corrected chi connectivity index (χ4v) is 1.89. The number of nitrogen functional groups attached to an aromatic ring is 1. The lowest BCUT2D eigenvalue weighted by molar-refractivity contribution is -0.0203. The topological polar surface area (TPSA) is 87.1 Å². The van der Waals surface area contributed by atoms with Crippen LogP contribution in [-0.2, 0) is 4.74 Å². The Balaban J connectivity index is 2.32. The summed E-state index contributed by atoms with van der Waals surface area (Å²) in [4.78, 5) is 8.55. The molecule has 0 radical (unpaired) electrons. The van der Waals surface area contributed by atoms with E-state index in [-0.39, 0.29) is 11.5 Å². The summed E-state index contributed by atoms with van der Waals surface area (Å²) in [6, 6.07) is 5.28. The highest BCUT2D eigenvalue weighted by Crippen LogP contribution is 2.35. The Bertz CT molecular complexity index is 575. The molecule has 0 aliphatic rings. The van der Waals surface area contributed by atoms with Crippen LogP contribution in [0.2, 0.25) is 0 Å². The molecule has 0 fully saturated rings. The fourth-order valence-electron chi connectivity index (χ4n) is 1.89. The minimum atomic E-state index is -0.231. The van der Waals surface area contributed by atoms with Crippen LogP contribution in [0.1, 0.15) is 39.6 Å². The maximum atomic E-state index is 5.74. The zero-order valence-electron chi connectivity index (χ0n) is 12.3. The first kappa shape index (κ1) is 14.5. The van der Waals surface area contributed by atoms with Crippen LogP contribution in [0.15, 0.2) is 22.7 Å². The molecule has 0 saturated carbocycles. The number of hydrogen-bond acceptors (Lipinski definition) is 6. The second-order valence-corrected chi connectivity index (χ2v) is 5.61. The van der Waals surface area contributed by atoms with Crippen molar-refractivity contribution < 1.29 is 9.26 Å². The normalized spacial score (nSPS) is 13.4. The molecule has 0 amide bonds. The molecule has 0 bridgehead atoms. The van der Waals surface area contributed by atoms with Crippen LogP contribution >= 0.6 is 0 Å². The predicted octanol–water partition coefficient (Wildman–Crippen LogP) is 2.84. The lowest BCUT2D eigenvalue weighted by atomic mass is 9.88. The highest BCUT2D eigenvalue weighted by molar-refractivity contribution is 5.50. The first-order valence-electron chi connectivity index (χ1n) is 6.60. The van der Waals surface area contributed by atoms with Crippen LogP contribution in [0.3, 0.4) is 0 Å². The van der Waals surface area contributed by atoms with Crippen molar-refractivity contribution in [2.75, 3.05) is 12.3 Å². The lowest BCUT2D eigenvalue weighted by Gasteiger charge is -2.27. The number of ether oxygens (including phenoxy) is 1. The summed E-state index contributed by atoms with van der Waals surface area (Å²) in [7, 11) is 0. The Morgan fingerprint density at radius 2 is 2.05 bits per heavy atom. The fraction of sp³-hybridized carbons (Fsp3) is 0.500. The molecule has 1 atom stereocenters. The third-order valence-electron chi connectivity index (χ3n) is 2.79. The van der Waals surface area contributed by atoms with Gasteiger partial charge >= 0.3 is 0 Å². The minimum Gasteiger partial charge on any atom is -0.384 e. The Morgan fingerprint density at radius 3 is 2.65 bits per heavy atom. The van der Waals surface area contributed by atoms with Crippen molar-refractivity contribution >= 4 is 5.82 Å². The van der Waals surface area contributed by atoms with E-state index >= 15 is 0 Å². The van der Waals surface area contributed by atoms with Crippen LogP contribution < -0.4 is 5.73 Å². The number of aromatic nitrogens is 3. The zero-order chi connectivity index (χ0) is 14.8. The molecule has 0 aliphatic carbocycles. The molecule has 108 valence electrons. The van der Waals surface area contributed by atoms with Gasteiger partial charge in [0, 0.05) is 6.61 Å². The summed E-state index contributed by atoms with van der Waals surface area (Å²) in [5.41, 5.74) is 6.09. The van der Waals surface area contributed by atoms with Crippen LogP contribution in [-0.4, -0.2) is 21.7 Å². The molecule has 2 rings (SSSR count). The molecule has 0 aliphatic heterocycles. The van der Waals surface area contributed by atoms with Gasteiger partial charge in [-0.3, -0.25) is 0 Å². The van der Waals surface area contributed by atoms with Crippen LogP contribution in [0.4, 0.5) is 5.82 Å². The van der Waals surface area contributed by atoms with E-state index in [4.69, 9.17) is 15.0 Å². The van der Waals surface area contributed by atoms with Gasteiger partial charge in [0.2, 0.25) is 5.82 Å². The van der Waals surface area contributed by atoms with Gasteiger partial charge in [0.05, 0.1) is 0 Å². The second-order valence-electron chi connectivity index (χ2n) is 5.61. The molecular formula is C14H20N4O2. The van der Waals surface area contributed by atoms with Gasteiger partial charge in [0.1, 0.15) is 17.6 Å². The number of rotatable bonds is 4. The number of anilines is 1. The Morgan fingerprint density at radius 1 is 1.30 bits per heavy atom. The van der Waals surface area contributed by atoms with Gasteiger partial charge in [0.15, 0.2) is 0 Å². The third-order valence-corrected chi connectivity index (χ3v) is 2.79. The lowest BCUT2D eigenvalue weighted by Crippen LogP contribution is -2.22. The van der Waals surface area contributed by atoms with E-state index in [0.29, 0.717) is 29.8 Å². The third kappa shape index (κ3) is 3.14. The summed E-state index contributed by atoms with van der Waals surface area (Å²) in [6.45, 7) is 8.74. The number of nitrogens with zero attached hydrogens (tertiary/aromatic N) is 3. The molecule has 0 saturated heterocycles. The van der Waals surface area contributed by atoms with E-state index in [0.717, 1.165) is 0 Å². The average Bonchev–Trinajstić information content (AvgIpc) is 2.83. The van der Waals surface area contributed by atoms with Crippen molar-refractivity contribution in [2.24, 2.45) is 5.41 Å². The summed E-state index contributed by atoms with van der Waals surface area (Å²) in [5.74, 6) is 1.29. The Kier molecular flexibility index (Phi) is 4.04. The molecule has 0 spiro atoms. The van der Waals surface area contributed by atoms with E-state index < -0.39 is 0 Å². The molecule has 1 unspecified atom stereocenters. The number of nitrogens with two attached hydrogens (primary N) is 1. The SMILES string of the molecule is CCOC(c1noc(-c2cccc(N)n2)n1)C(C)(C)C. The van der Waals surface area contributed by atoms with Crippen molar-refractivity contribution in [3.05, 3.63) is 24.0 Å². The summed E-state index contributed by atoms with van der Waals surface area (Å²) in [6.07, 6.45) is -0.231. The average molecular weight is 276 g/mol. The van der Waals surface area contributed by atoms with E-state index in [1.807, 2.05) is 6.92 Å². The van der Waals surface area contributed by atoms with Gasteiger partial charge < -0.3 is 15.0 Å². The maximum absolute atomic E-state index is 5.74. The first-order valence-corrected chi connectivity index (χ1v) is 6.60. The molecule has 2 N–H and O–H groups in total. The van der Waals surface area contributed by atoms with Crippen molar-refractivity contribution in [1.82, 2.24) is 15.1 Å². The highest BCUT2D eigenvalue weighted by atomic mass is 16.5. The molecule has 20 heavy (non-hydrogen) atoms. The molecule has 6 nitrogen and oxygen atoms in total. The largest absolute Gasteiger partial charge is 0.384 e. The summed E-state index contributed by atoms with van der Waals surface area (Å²) in [5, 5.41) is 4.02. The van der Waals surface area contributed by atoms with Crippen molar-refractivity contribution in [1.29, 1.82) is 0 Å². The molecule has 6 heteroatoms. The Hall–Kier alpha value is -1.95. The molecule has 2 heterocycles. The van der Waals surface area contributed by atoms with Crippen molar-refractivity contribution in [2.45, 2.75) is 33.8 Å². The van der Waals surface area contributed by atoms with Crippen LogP contribution in [0.5, 0.6) is 0 Å². The quantitative estimate of drug-likeness (QED) is 0.923. The van der Waals surface area contributed by atoms with E-state index in [1.54, 1.807) is 18.2 Å². The van der Waals surface area contributed by atoms with Gasteiger partial charge in [-0.15, -0.1) is 0 Å². The maximum Gasteiger partial charge on any atom is 0.276 e. The van der Waals surface area contributed by atoms with Gasteiger partial charge in [-0.05, 0) is 24.5 Å². The summed E-state index contributed by atoms with van der Waals surface area (Å²) < 4.78 is 11.0. The predicted molar refractivity (Wildman–Crippen MR) is 75.8 cm³/mol. The molecule has 0 aromatic carbocycles. The molecule has 2 aromatic rings. The number of pyridine rings is 1. The monoisotopic (exact) mass is 276 g/mol. The highest BCUT2D eigenvalue weighted by Gasteiger charge is 2.31. The first-order chi connectivity index (χ1) is 9.41.